The first kappa shape index (κ1) is 22.8. The zero-order valence-electron chi connectivity index (χ0n) is 18.8. The van der Waals surface area contributed by atoms with Crippen LogP contribution in [-0.4, -0.2) is 44.4 Å². The third-order valence-corrected chi connectivity index (χ3v) is 5.72. The van der Waals surface area contributed by atoms with Gasteiger partial charge in [0.15, 0.2) is 11.2 Å². The summed E-state index contributed by atoms with van der Waals surface area (Å²) in [7, 11) is 1.66. The number of unbranched alkanes of at least 4 members (excludes halogenated alkanes) is 1. The Hall–Kier alpha value is -3.40. The number of rotatable bonds is 9. The van der Waals surface area contributed by atoms with Gasteiger partial charge < -0.3 is 18.8 Å². The molecule has 2 aromatic heterocycles. The number of aromatic nitrogens is 4. The van der Waals surface area contributed by atoms with Crippen LogP contribution in [-0.2, 0) is 29.7 Å². The van der Waals surface area contributed by atoms with Crippen molar-refractivity contribution in [3.05, 3.63) is 56.5 Å². The lowest BCUT2D eigenvalue weighted by molar-refractivity contribution is 0.0459. The molecule has 4 rings (SSSR count). The molecular formula is C23H28N4O6. The monoisotopic (exact) mass is 456 g/mol. The smallest absolute Gasteiger partial charge is 0.338 e. The van der Waals surface area contributed by atoms with Gasteiger partial charge >= 0.3 is 11.7 Å². The number of esters is 1. The number of aromatic amines is 1. The van der Waals surface area contributed by atoms with Crippen molar-refractivity contribution in [3.8, 4) is 5.75 Å². The molecule has 1 aromatic carbocycles. The fourth-order valence-corrected chi connectivity index (χ4v) is 3.81. The third kappa shape index (κ3) is 5.00. The molecule has 1 aliphatic rings. The summed E-state index contributed by atoms with van der Waals surface area (Å²) < 4.78 is 19.7. The number of ether oxygens (including phenoxy) is 3. The Morgan fingerprint density at radius 1 is 1.27 bits per heavy atom. The largest absolute Gasteiger partial charge is 0.491 e. The second-order valence-electron chi connectivity index (χ2n) is 8.07. The summed E-state index contributed by atoms with van der Waals surface area (Å²) in [5, 5.41) is 0. The number of H-pyrrole nitrogens is 1. The van der Waals surface area contributed by atoms with E-state index in [-0.39, 0.29) is 18.2 Å². The van der Waals surface area contributed by atoms with E-state index >= 15 is 0 Å². The Bertz CT molecular complexity index is 1230. The van der Waals surface area contributed by atoms with E-state index in [1.807, 2.05) is 6.92 Å². The van der Waals surface area contributed by atoms with Crippen LogP contribution >= 0.6 is 0 Å². The first-order valence-electron chi connectivity index (χ1n) is 11.2. The summed E-state index contributed by atoms with van der Waals surface area (Å²) in [6.07, 6.45) is 3.83. The normalized spacial score (nSPS) is 15.8. The molecule has 0 spiro atoms. The van der Waals surface area contributed by atoms with Crippen molar-refractivity contribution in [2.45, 2.75) is 51.9 Å². The van der Waals surface area contributed by atoms with Crippen LogP contribution in [0.15, 0.2) is 33.9 Å². The van der Waals surface area contributed by atoms with Crippen LogP contribution < -0.4 is 16.0 Å². The van der Waals surface area contributed by atoms with Gasteiger partial charge in [0.1, 0.15) is 24.8 Å². The van der Waals surface area contributed by atoms with Crippen LogP contribution in [0.4, 0.5) is 0 Å². The van der Waals surface area contributed by atoms with Crippen molar-refractivity contribution >= 4 is 17.1 Å². The highest BCUT2D eigenvalue weighted by Crippen LogP contribution is 2.18. The van der Waals surface area contributed by atoms with E-state index in [4.69, 9.17) is 14.2 Å². The number of nitrogens with one attached hydrogen (secondary N) is 1. The predicted octanol–water partition coefficient (Wildman–Crippen LogP) is 2.14. The molecule has 1 saturated heterocycles. The average Bonchev–Trinajstić information content (AvgIpc) is 3.44. The summed E-state index contributed by atoms with van der Waals surface area (Å²) in [4.78, 5) is 43.8. The lowest BCUT2D eigenvalue weighted by Gasteiger charge is -2.11. The number of aryl methyl sites for hydroxylation is 2. The molecule has 0 bridgehead atoms. The lowest BCUT2D eigenvalue weighted by atomic mass is 10.2. The van der Waals surface area contributed by atoms with E-state index < -0.39 is 17.2 Å². The van der Waals surface area contributed by atoms with Gasteiger partial charge in [-0.25, -0.2) is 14.6 Å². The third-order valence-electron chi connectivity index (χ3n) is 5.72. The van der Waals surface area contributed by atoms with Gasteiger partial charge in [-0.05, 0) is 43.5 Å². The standard InChI is InChI=1S/C23H28N4O6/c1-3-4-11-27-20-19(21(28)25-23(27)30)26(2)18(24-20)14-33-22(29)15-7-9-16(10-8-15)32-13-17-6-5-12-31-17/h7-10,17H,3-6,11-14H2,1-2H3,(H,25,28,30). The number of hydrogen-bond acceptors (Lipinski definition) is 7. The Labute approximate surface area is 190 Å². The maximum atomic E-state index is 12.5. The highest BCUT2D eigenvalue weighted by molar-refractivity contribution is 5.89. The minimum absolute atomic E-state index is 0.119. The van der Waals surface area contributed by atoms with Gasteiger partial charge in [-0.15, -0.1) is 0 Å². The molecule has 33 heavy (non-hydrogen) atoms. The van der Waals surface area contributed by atoms with Gasteiger partial charge in [-0.1, -0.05) is 13.3 Å². The molecule has 1 N–H and O–H groups in total. The van der Waals surface area contributed by atoms with E-state index in [1.165, 1.54) is 4.57 Å². The SMILES string of the molecule is CCCCn1c(=O)[nH]c(=O)c2c1nc(COC(=O)c1ccc(OCC3CCCO3)cc1)n2C. The van der Waals surface area contributed by atoms with Crippen LogP contribution in [0.3, 0.4) is 0 Å². The van der Waals surface area contributed by atoms with Gasteiger partial charge in [-0.2, -0.15) is 0 Å². The van der Waals surface area contributed by atoms with Crippen molar-refractivity contribution in [2.24, 2.45) is 7.05 Å². The molecular weight excluding hydrogens is 428 g/mol. The highest BCUT2D eigenvalue weighted by atomic mass is 16.5. The highest BCUT2D eigenvalue weighted by Gasteiger charge is 2.18. The number of nitrogens with zero attached hydrogens (tertiary/aromatic N) is 3. The van der Waals surface area contributed by atoms with Crippen LogP contribution in [0, 0.1) is 0 Å². The van der Waals surface area contributed by atoms with Crippen molar-refractivity contribution in [3.63, 3.8) is 0 Å². The summed E-state index contributed by atoms with van der Waals surface area (Å²) in [5.74, 6) is 0.503. The molecule has 1 unspecified atom stereocenters. The molecule has 0 amide bonds. The number of carbonyl (C=O) groups is 1. The molecule has 3 heterocycles. The minimum Gasteiger partial charge on any atom is -0.491 e. The zero-order valence-corrected chi connectivity index (χ0v) is 18.8. The average molecular weight is 456 g/mol. The number of fused-ring (bicyclic) bond motifs is 1. The molecule has 1 atom stereocenters. The van der Waals surface area contributed by atoms with Gasteiger partial charge in [0.05, 0.1) is 11.7 Å². The Morgan fingerprint density at radius 2 is 2.06 bits per heavy atom. The van der Waals surface area contributed by atoms with E-state index in [2.05, 4.69) is 9.97 Å². The summed E-state index contributed by atoms with van der Waals surface area (Å²) in [6.45, 7) is 3.58. The first-order chi connectivity index (χ1) is 16.0. The number of imidazole rings is 1. The van der Waals surface area contributed by atoms with Gasteiger partial charge in [0, 0.05) is 20.2 Å². The number of carbonyl (C=O) groups excluding carboxylic acids is 1. The maximum Gasteiger partial charge on any atom is 0.338 e. The molecule has 3 aromatic rings. The molecule has 0 radical (unpaired) electrons. The lowest BCUT2D eigenvalue weighted by Crippen LogP contribution is -2.31. The number of benzene rings is 1. The van der Waals surface area contributed by atoms with Crippen molar-refractivity contribution in [1.29, 1.82) is 0 Å². The number of hydrogen-bond donors (Lipinski definition) is 1. The second-order valence-corrected chi connectivity index (χ2v) is 8.07. The van der Waals surface area contributed by atoms with Crippen molar-refractivity contribution < 1.29 is 19.0 Å². The molecule has 1 aliphatic heterocycles. The molecule has 10 heteroatoms. The van der Waals surface area contributed by atoms with Crippen molar-refractivity contribution in [2.75, 3.05) is 13.2 Å². The topological polar surface area (TPSA) is 117 Å². The van der Waals surface area contributed by atoms with E-state index in [0.29, 0.717) is 35.9 Å². The molecule has 10 nitrogen and oxygen atoms in total. The Morgan fingerprint density at radius 3 is 2.76 bits per heavy atom. The van der Waals surface area contributed by atoms with Gasteiger partial charge in [0.2, 0.25) is 0 Å². The quantitative estimate of drug-likeness (QED) is 0.490. The Balaban J connectivity index is 1.44. The fraction of sp³-hybridized carbons (Fsp3) is 0.478. The summed E-state index contributed by atoms with van der Waals surface area (Å²) in [5.41, 5.74) is -0.0859. The molecule has 0 saturated carbocycles. The van der Waals surface area contributed by atoms with Gasteiger partial charge in [-0.3, -0.25) is 14.3 Å². The maximum absolute atomic E-state index is 12.5. The molecule has 1 fully saturated rings. The van der Waals surface area contributed by atoms with E-state index in [0.717, 1.165) is 32.3 Å². The first-order valence-corrected chi connectivity index (χ1v) is 11.2. The Kier molecular flexibility index (Phi) is 6.93. The van der Waals surface area contributed by atoms with Crippen LogP contribution in [0.2, 0.25) is 0 Å². The van der Waals surface area contributed by atoms with Crippen LogP contribution in [0.25, 0.3) is 11.2 Å². The van der Waals surface area contributed by atoms with Gasteiger partial charge in [0.25, 0.3) is 5.56 Å². The van der Waals surface area contributed by atoms with Crippen LogP contribution in [0.5, 0.6) is 5.75 Å². The summed E-state index contributed by atoms with van der Waals surface area (Å²) >= 11 is 0. The van der Waals surface area contributed by atoms with E-state index in [9.17, 15) is 14.4 Å². The van der Waals surface area contributed by atoms with Crippen LogP contribution in [0.1, 0.15) is 48.8 Å². The fourth-order valence-electron chi connectivity index (χ4n) is 3.81. The zero-order chi connectivity index (χ0) is 23.4. The van der Waals surface area contributed by atoms with E-state index in [1.54, 1.807) is 35.9 Å². The predicted molar refractivity (Wildman–Crippen MR) is 121 cm³/mol. The van der Waals surface area contributed by atoms with Crippen molar-refractivity contribution in [1.82, 2.24) is 19.1 Å². The minimum atomic E-state index is -0.523. The summed E-state index contributed by atoms with van der Waals surface area (Å²) in [6, 6.07) is 6.70. The molecule has 0 aliphatic carbocycles. The second kappa shape index (κ2) is 10.0. The molecule has 176 valence electrons.